The molecule has 2 amide bonds. The van der Waals surface area contributed by atoms with Gasteiger partial charge in [-0.2, -0.15) is 0 Å². The lowest BCUT2D eigenvalue weighted by Gasteiger charge is -2.11. The number of carbonyl (C=O) groups is 2. The SMILES string of the molecule is O=C(NCc1ccccc1)C(=Cc1ccc(-c2ccc(Br)cc2)o1)NC(=O)c1ccccc1. The number of hydrogen-bond donors (Lipinski definition) is 2. The molecule has 0 aliphatic carbocycles. The molecule has 5 nitrogen and oxygen atoms in total. The fourth-order valence-electron chi connectivity index (χ4n) is 3.16. The maximum Gasteiger partial charge on any atom is 0.268 e. The molecule has 33 heavy (non-hydrogen) atoms. The largest absolute Gasteiger partial charge is 0.457 e. The third-order valence-electron chi connectivity index (χ3n) is 4.87. The van der Waals surface area contributed by atoms with Crippen molar-refractivity contribution in [1.29, 1.82) is 0 Å². The fraction of sp³-hybridized carbons (Fsp3) is 0.0370. The van der Waals surface area contributed by atoms with Gasteiger partial charge in [-0.05, 0) is 42.0 Å². The van der Waals surface area contributed by atoms with Crippen LogP contribution in [0.4, 0.5) is 0 Å². The lowest BCUT2D eigenvalue weighted by molar-refractivity contribution is -0.117. The van der Waals surface area contributed by atoms with E-state index >= 15 is 0 Å². The van der Waals surface area contributed by atoms with Crippen LogP contribution in [0.2, 0.25) is 0 Å². The summed E-state index contributed by atoms with van der Waals surface area (Å²) in [7, 11) is 0. The number of nitrogens with one attached hydrogen (secondary N) is 2. The lowest BCUT2D eigenvalue weighted by Crippen LogP contribution is -2.34. The Labute approximate surface area is 200 Å². The van der Waals surface area contributed by atoms with E-state index in [2.05, 4.69) is 26.6 Å². The standard InChI is InChI=1S/C27H21BrN2O3/c28-22-13-11-20(12-14-22)25-16-15-23(33-25)17-24(30-26(31)21-9-5-2-6-10-21)27(32)29-18-19-7-3-1-4-8-19/h1-17H,18H2,(H,29,32)(H,30,31). The zero-order valence-corrected chi connectivity index (χ0v) is 19.2. The van der Waals surface area contributed by atoms with E-state index in [0.717, 1.165) is 15.6 Å². The average Bonchev–Trinajstić information content (AvgIpc) is 3.32. The molecule has 4 rings (SSSR count). The van der Waals surface area contributed by atoms with Crippen LogP contribution >= 0.6 is 15.9 Å². The number of amides is 2. The number of benzene rings is 3. The Hall–Kier alpha value is -3.90. The predicted molar refractivity (Wildman–Crippen MR) is 132 cm³/mol. The summed E-state index contributed by atoms with van der Waals surface area (Å²) in [6.07, 6.45) is 1.53. The van der Waals surface area contributed by atoms with Gasteiger partial charge >= 0.3 is 0 Å². The summed E-state index contributed by atoms with van der Waals surface area (Å²) in [6, 6.07) is 29.6. The monoisotopic (exact) mass is 500 g/mol. The van der Waals surface area contributed by atoms with E-state index in [1.807, 2.05) is 66.7 Å². The third kappa shape index (κ3) is 6.08. The Balaban J connectivity index is 1.57. The molecule has 0 atom stereocenters. The summed E-state index contributed by atoms with van der Waals surface area (Å²) in [5.41, 5.74) is 2.40. The number of furan rings is 1. The Kier molecular flexibility index (Phi) is 7.17. The van der Waals surface area contributed by atoms with Crippen molar-refractivity contribution in [3.05, 3.63) is 124 Å². The number of hydrogen-bond acceptors (Lipinski definition) is 3. The van der Waals surface area contributed by atoms with Gasteiger partial charge in [-0.1, -0.05) is 76.6 Å². The molecule has 0 radical (unpaired) electrons. The highest BCUT2D eigenvalue weighted by Gasteiger charge is 2.16. The maximum atomic E-state index is 13.0. The summed E-state index contributed by atoms with van der Waals surface area (Å²) in [5, 5.41) is 5.57. The topological polar surface area (TPSA) is 71.3 Å². The van der Waals surface area contributed by atoms with Crippen molar-refractivity contribution < 1.29 is 14.0 Å². The second kappa shape index (κ2) is 10.6. The molecular formula is C27H21BrN2O3. The molecule has 0 bridgehead atoms. The van der Waals surface area contributed by atoms with E-state index < -0.39 is 5.91 Å². The lowest BCUT2D eigenvalue weighted by atomic mass is 10.2. The highest BCUT2D eigenvalue weighted by Crippen LogP contribution is 2.25. The maximum absolute atomic E-state index is 13.0. The zero-order valence-electron chi connectivity index (χ0n) is 17.6. The molecule has 0 saturated heterocycles. The Morgan fingerprint density at radius 2 is 1.48 bits per heavy atom. The van der Waals surface area contributed by atoms with Gasteiger partial charge in [0.1, 0.15) is 17.2 Å². The molecule has 0 fully saturated rings. The van der Waals surface area contributed by atoms with Gasteiger partial charge in [0.05, 0.1) is 0 Å². The molecule has 4 aromatic rings. The molecule has 2 N–H and O–H groups in total. The van der Waals surface area contributed by atoms with E-state index in [-0.39, 0.29) is 11.6 Å². The van der Waals surface area contributed by atoms with Crippen LogP contribution in [-0.4, -0.2) is 11.8 Å². The molecule has 3 aromatic carbocycles. The van der Waals surface area contributed by atoms with Crippen molar-refractivity contribution in [2.45, 2.75) is 6.54 Å². The average molecular weight is 501 g/mol. The van der Waals surface area contributed by atoms with Crippen LogP contribution in [0.5, 0.6) is 0 Å². The van der Waals surface area contributed by atoms with Crippen LogP contribution in [0.3, 0.4) is 0 Å². The van der Waals surface area contributed by atoms with E-state index in [1.165, 1.54) is 6.08 Å². The van der Waals surface area contributed by atoms with E-state index in [4.69, 9.17) is 4.42 Å². The normalized spacial score (nSPS) is 11.1. The minimum absolute atomic E-state index is 0.0940. The summed E-state index contributed by atoms with van der Waals surface area (Å²) in [4.78, 5) is 25.7. The van der Waals surface area contributed by atoms with Crippen molar-refractivity contribution in [2.75, 3.05) is 0 Å². The predicted octanol–water partition coefficient (Wildman–Crippen LogP) is 5.80. The Morgan fingerprint density at radius 3 is 2.18 bits per heavy atom. The molecule has 1 heterocycles. The molecule has 0 spiro atoms. The molecule has 0 saturated carbocycles. The van der Waals surface area contributed by atoms with Crippen molar-refractivity contribution in [1.82, 2.24) is 10.6 Å². The van der Waals surface area contributed by atoms with E-state index in [1.54, 1.807) is 30.3 Å². The number of halogens is 1. The molecule has 6 heteroatoms. The van der Waals surface area contributed by atoms with Gasteiger partial charge in [-0.15, -0.1) is 0 Å². The summed E-state index contributed by atoms with van der Waals surface area (Å²) >= 11 is 3.42. The van der Waals surface area contributed by atoms with Crippen LogP contribution in [0, 0.1) is 0 Å². The van der Waals surface area contributed by atoms with Gasteiger partial charge in [-0.3, -0.25) is 9.59 Å². The first-order chi connectivity index (χ1) is 16.1. The van der Waals surface area contributed by atoms with Gasteiger partial charge < -0.3 is 15.1 Å². The molecule has 164 valence electrons. The fourth-order valence-corrected chi connectivity index (χ4v) is 3.42. The first kappa shape index (κ1) is 22.3. The molecular weight excluding hydrogens is 480 g/mol. The summed E-state index contributed by atoms with van der Waals surface area (Å²) in [5.74, 6) is 0.319. The van der Waals surface area contributed by atoms with Crippen molar-refractivity contribution >= 4 is 33.8 Å². The smallest absolute Gasteiger partial charge is 0.268 e. The van der Waals surface area contributed by atoms with Crippen LogP contribution in [0.1, 0.15) is 21.7 Å². The second-order valence-corrected chi connectivity index (χ2v) is 8.17. The Bertz CT molecular complexity index is 1260. The molecule has 0 unspecified atom stereocenters. The highest BCUT2D eigenvalue weighted by molar-refractivity contribution is 9.10. The van der Waals surface area contributed by atoms with Crippen LogP contribution in [0.15, 0.2) is 112 Å². The van der Waals surface area contributed by atoms with Crippen molar-refractivity contribution in [3.63, 3.8) is 0 Å². The summed E-state index contributed by atoms with van der Waals surface area (Å²) < 4.78 is 6.89. The van der Waals surface area contributed by atoms with Crippen molar-refractivity contribution in [3.8, 4) is 11.3 Å². The number of rotatable bonds is 7. The first-order valence-electron chi connectivity index (χ1n) is 10.3. The zero-order chi connectivity index (χ0) is 23.0. The highest BCUT2D eigenvalue weighted by atomic mass is 79.9. The van der Waals surface area contributed by atoms with Crippen LogP contribution in [-0.2, 0) is 11.3 Å². The first-order valence-corrected chi connectivity index (χ1v) is 11.1. The van der Waals surface area contributed by atoms with Crippen LogP contribution in [0.25, 0.3) is 17.4 Å². The molecule has 0 aliphatic rings. The van der Waals surface area contributed by atoms with Crippen molar-refractivity contribution in [2.24, 2.45) is 0 Å². The second-order valence-electron chi connectivity index (χ2n) is 7.26. The third-order valence-corrected chi connectivity index (χ3v) is 5.40. The van der Waals surface area contributed by atoms with E-state index in [0.29, 0.717) is 23.6 Å². The number of carbonyl (C=O) groups excluding carboxylic acids is 2. The van der Waals surface area contributed by atoms with Gasteiger partial charge in [0.25, 0.3) is 11.8 Å². The Morgan fingerprint density at radius 1 is 0.818 bits per heavy atom. The molecule has 1 aromatic heterocycles. The van der Waals surface area contributed by atoms with Gasteiger partial charge in [0.15, 0.2) is 0 Å². The van der Waals surface area contributed by atoms with Crippen LogP contribution < -0.4 is 10.6 Å². The minimum Gasteiger partial charge on any atom is -0.457 e. The van der Waals surface area contributed by atoms with Gasteiger partial charge in [-0.25, -0.2) is 0 Å². The minimum atomic E-state index is -0.412. The molecule has 0 aliphatic heterocycles. The van der Waals surface area contributed by atoms with Gasteiger partial charge in [0, 0.05) is 28.2 Å². The quantitative estimate of drug-likeness (QED) is 0.315. The summed E-state index contributed by atoms with van der Waals surface area (Å²) in [6.45, 7) is 0.334. The van der Waals surface area contributed by atoms with E-state index in [9.17, 15) is 9.59 Å². The van der Waals surface area contributed by atoms with Gasteiger partial charge in [0.2, 0.25) is 0 Å².